The number of hydrogen-bond donors (Lipinski definition) is 1. The molecule has 156 valence electrons. The van der Waals surface area contributed by atoms with Crippen LogP contribution in [0.25, 0.3) is 0 Å². The van der Waals surface area contributed by atoms with Crippen LogP contribution in [0.3, 0.4) is 0 Å². The summed E-state index contributed by atoms with van der Waals surface area (Å²) in [5.74, 6) is -0.681. The molecule has 0 spiro atoms. The van der Waals surface area contributed by atoms with Crippen LogP contribution in [0, 0.1) is 5.41 Å². The third-order valence-electron chi connectivity index (χ3n) is 5.04. The molecule has 1 fully saturated rings. The van der Waals surface area contributed by atoms with E-state index in [0.29, 0.717) is 19.3 Å². The first kappa shape index (κ1) is 23.2. The molecular formula is C20H35NO6. The van der Waals surface area contributed by atoms with Gasteiger partial charge in [-0.05, 0) is 51.9 Å². The minimum absolute atomic E-state index is 0.0715. The van der Waals surface area contributed by atoms with Crippen molar-refractivity contribution in [2.75, 3.05) is 14.2 Å². The molecule has 1 rings (SSSR count). The van der Waals surface area contributed by atoms with Gasteiger partial charge in [-0.25, -0.2) is 9.59 Å². The predicted molar refractivity (Wildman–Crippen MR) is 101 cm³/mol. The first-order chi connectivity index (χ1) is 12.6. The van der Waals surface area contributed by atoms with Gasteiger partial charge in [0.2, 0.25) is 0 Å². The van der Waals surface area contributed by atoms with E-state index in [2.05, 4.69) is 5.32 Å². The fraction of sp³-hybridized carbons (Fsp3) is 0.850. The lowest BCUT2D eigenvalue weighted by atomic mass is 9.69. The van der Waals surface area contributed by atoms with Crippen LogP contribution in [0.2, 0.25) is 0 Å². The van der Waals surface area contributed by atoms with Gasteiger partial charge >= 0.3 is 18.0 Å². The molecule has 1 unspecified atom stereocenters. The maximum Gasteiger partial charge on any atom is 0.408 e. The van der Waals surface area contributed by atoms with Gasteiger partial charge in [-0.1, -0.05) is 25.7 Å². The van der Waals surface area contributed by atoms with Crippen molar-refractivity contribution in [3.05, 3.63) is 0 Å². The maximum absolute atomic E-state index is 12.0. The van der Waals surface area contributed by atoms with Crippen molar-refractivity contribution in [2.24, 2.45) is 5.41 Å². The van der Waals surface area contributed by atoms with Crippen LogP contribution in [0.1, 0.15) is 78.6 Å². The van der Waals surface area contributed by atoms with Crippen molar-refractivity contribution >= 4 is 18.0 Å². The molecule has 1 N–H and O–H groups in total. The lowest BCUT2D eigenvalue weighted by Gasteiger charge is -2.37. The van der Waals surface area contributed by atoms with E-state index in [-0.39, 0.29) is 11.4 Å². The van der Waals surface area contributed by atoms with Crippen molar-refractivity contribution in [3.8, 4) is 0 Å². The molecule has 0 aromatic carbocycles. The smallest absolute Gasteiger partial charge is 0.408 e. The van der Waals surface area contributed by atoms with Gasteiger partial charge in [-0.2, -0.15) is 0 Å². The number of methoxy groups -OCH3 is 2. The standard InChI is InChI=1S/C20H35NO6/c1-19(2,3)27-18(24)21-15(17(23)26-5)10-9-13-20(14-16(22)25-4)11-7-6-8-12-20/h15H,6-14H2,1-5H3,(H,21,24). The third kappa shape index (κ3) is 8.63. The van der Waals surface area contributed by atoms with Gasteiger partial charge in [-0.3, -0.25) is 4.79 Å². The summed E-state index contributed by atoms with van der Waals surface area (Å²) in [6, 6.07) is -0.761. The van der Waals surface area contributed by atoms with E-state index in [4.69, 9.17) is 14.2 Å². The van der Waals surface area contributed by atoms with E-state index in [1.165, 1.54) is 20.6 Å². The van der Waals surface area contributed by atoms with Crippen molar-refractivity contribution in [1.82, 2.24) is 5.32 Å². The average Bonchev–Trinajstić information content (AvgIpc) is 2.59. The molecule has 1 amide bonds. The molecule has 1 aliphatic rings. The van der Waals surface area contributed by atoms with E-state index >= 15 is 0 Å². The number of nitrogens with one attached hydrogen (secondary N) is 1. The second-order valence-corrected chi connectivity index (χ2v) is 8.43. The van der Waals surface area contributed by atoms with Gasteiger partial charge in [0.25, 0.3) is 0 Å². The zero-order chi connectivity index (χ0) is 20.5. The van der Waals surface area contributed by atoms with E-state index in [0.717, 1.165) is 32.1 Å². The zero-order valence-electron chi connectivity index (χ0n) is 17.4. The fourth-order valence-corrected chi connectivity index (χ4v) is 3.72. The molecule has 1 saturated carbocycles. The minimum Gasteiger partial charge on any atom is -0.469 e. The minimum atomic E-state index is -0.761. The summed E-state index contributed by atoms with van der Waals surface area (Å²) in [6.45, 7) is 5.29. The normalized spacial score (nSPS) is 17.5. The molecule has 0 radical (unpaired) electrons. The van der Waals surface area contributed by atoms with Gasteiger partial charge in [0, 0.05) is 0 Å². The van der Waals surface area contributed by atoms with Crippen LogP contribution in [0.4, 0.5) is 4.79 Å². The van der Waals surface area contributed by atoms with Gasteiger partial charge in [0.15, 0.2) is 0 Å². The number of esters is 2. The Kier molecular flexibility index (Phi) is 9.06. The lowest BCUT2D eigenvalue weighted by Crippen LogP contribution is -2.44. The van der Waals surface area contributed by atoms with E-state index in [9.17, 15) is 14.4 Å². The summed E-state index contributed by atoms with van der Waals surface area (Å²) >= 11 is 0. The Morgan fingerprint density at radius 1 is 1.04 bits per heavy atom. The molecule has 0 heterocycles. The van der Waals surface area contributed by atoms with Gasteiger partial charge < -0.3 is 19.5 Å². The number of carbonyl (C=O) groups is 3. The number of hydrogen-bond acceptors (Lipinski definition) is 6. The Morgan fingerprint density at radius 3 is 2.19 bits per heavy atom. The molecule has 0 aromatic heterocycles. The average molecular weight is 386 g/mol. The third-order valence-corrected chi connectivity index (χ3v) is 5.04. The van der Waals surface area contributed by atoms with Crippen LogP contribution >= 0.6 is 0 Å². The number of ether oxygens (including phenoxy) is 3. The second kappa shape index (κ2) is 10.5. The van der Waals surface area contributed by atoms with E-state index < -0.39 is 23.7 Å². The molecule has 1 atom stereocenters. The quantitative estimate of drug-likeness (QED) is 0.506. The topological polar surface area (TPSA) is 90.9 Å². The molecule has 0 bridgehead atoms. The molecular weight excluding hydrogens is 350 g/mol. The Bertz CT molecular complexity index is 505. The van der Waals surface area contributed by atoms with Crippen LogP contribution in [0.15, 0.2) is 0 Å². The maximum atomic E-state index is 12.0. The van der Waals surface area contributed by atoms with Gasteiger partial charge in [-0.15, -0.1) is 0 Å². The highest BCUT2D eigenvalue weighted by Gasteiger charge is 2.35. The Morgan fingerprint density at radius 2 is 1.67 bits per heavy atom. The zero-order valence-corrected chi connectivity index (χ0v) is 17.4. The fourth-order valence-electron chi connectivity index (χ4n) is 3.72. The van der Waals surface area contributed by atoms with Gasteiger partial charge in [0.1, 0.15) is 11.6 Å². The van der Waals surface area contributed by atoms with Crippen molar-refractivity contribution in [1.29, 1.82) is 0 Å². The SMILES string of the molecule is COC(=O)CC1(CCCC(NC(=O)OC(C)(C)C)C(=O)OC)CCCCC1. The van der Waals surface area contributed by atoms with Crippen LogP contribution < -0.4 is 5.32 Å². The van der Waals surface area contributed by atoms with Crippen LogP contribution in [-0.2, 0) is 23.8 Å². The van der Waals surface area contributed by atoms with Gasteiger partial charge in [0.05, 0.1) is 20.6 Å². The predicted octanol–water partition coefficient (Wildman–Crippen LogP) is 3.74. The van der Waals surface area contributed by atoms with Crippen LogP contribution in [-0.4, -0.2) is 43.9 Å². The van der Waals surface area contributed by atoms with Crippen LogP contribution in [0.5, 0.6) is 0 Å². The molecule has 7 nitrogen and oxygen atoms in total. The van der Waals surface area contributed by atoms with Crippen molar-refractivity contribution in [2.45, 2.75) is 90.2 Å². The Labute approximate surface area is 162 Å². The molecule has 0 aromatic rings. The Hall–Kier alpha value is -1.79. The van der Waals surface area contributed by atoms with E-state index in [1.54, 1.807) is 20.8 Å². The summed E-state index contributed by atoms with van der Waals surface area (Å²) < 4.78 is 14.9. The summed E-state index contributed by atoms with van der Waals surface area (Å²) in [5, 5.41) is 2.60. The summed E-state index contributed by atoms with van der Waals surface area (Å²) in [5.41, 5.74) is -0.713. The molecule has 0 aliphatic heterocycles. The van der Waals surface area contributed by atoms with Crippen molar-refractivity contribution in [3.63, 3.8) is 0 Å². The van der Waals surface area contributed by atoms with E-state index in [1.807, 2.05) is 0 Å². The second-order valence-electron chi connectivity index (χ2n) is 8.43. The largest absolute Gasteiger partial charge is 0.469 e. The van der Waals surface area contributed by atoms with Crippen molar-refractivity contribution < 1.29 is 28.6 Å². The monoisotopic (exact) mass is 385 g/mol. The highest BCUT2D eigenvalue weighted by Crippen LogP contribution is 2.43. The number of amides is 1. The molecule has 0 saturated heterocycles. The summed E-state index contributed by atoms with van der Waals surface area (Å²) in [4.78, 5) is 35.9. The first-order valence-corrected chi connectivity index (χ1v) is 9.75. The summed E-state index contributed by atoms with van der Waals surface area (Å²) in [6.07, 6.45) is 7.10. The molecule has 1 aliphatic carbocycles. The lowest BCUT2D eigenvalue weighted by molar-refractivity contribution is -0.145. The highest BCUT2D eigenvalue weighted by atomic mass is 16.6. The highest BCUT2D eigenvalue weighted by molar-refractivity contribution is 5.81. The number of alkyl carbamates (subject to hydrolysis) is 1. The number of carbonyl (C=O) groups excluding carboxylic acids is 3. The number of rotatable bonds is 8. The summed E-state index contributed by atoms with van der Waals surface area (Å²) in [7, 11) is 2.71. The first-order valence-electron chi connectivity index (χ1n) is 9.75. The Balaban J connectivity index is 2.65. The molecule has 27 heavy (non-hydrogen) atoms. The molecule has 7 heteroatoms.